The van der Waals surface area contributed by atoms with Crippen molar-refractivity contribution in [1.29, 1.82) is 0 Å². The van der Waals surface area contributed by atoms with E-state index in [1.165, 1.54) is 7.11 Å². The Morgan fingerprint density at radius 1 is 1.18 bits per heavy atom. The molecule has 0 spiro atoms. The van der Waals surface area contributed by atoms with Crippen LogP contribution in [-0.2, 0) is 20.7 Å². The van der Waals surface area contributed by atoms with Crippen LogP contribution in [0, 0.1) is 16.0 Å². The van der Waals surface area contributed by atoms with Crippen LogP contribution >= 0.6 is 0 Å². The Bertz CT molecular complexity index is 794. The third kappa shape index (κ3) is 12.9. The Morgan fingerprint density at radius 3 is 2.42 bits per heavy atom. The normalized spacial score (nSPS) is 13.5. The van der Waals surface area contributed by atoms with E-state index < -0.39 is 22.6 Å². The molecule has 1 rings (SSSR count). The van der Waals surface area contributed by atoms with E-state index in [1.54, 1.807) is 20.8 Å². The molecule has 33 heavy (non-hydrogen) atoms. The Labute approximate surface area is 194 Å². The molecule has 0 radical (unpaired) electrons. The molecule has 0 aliphatic carbocycles. The number of nitrogens with one attached hydrogen (secondary N) is 2. The van der Waals surface area contributed by atoms with Gasteiger partial charge in [0.2, 0.25) is 0 Å². The number of alkyl carbamates (subject to hydrolysis) is 1. The van der Waals surface area contributed by atoms with Gasteiger partial charge in [0.15, 0.2) is 5.03 Å². The molecule has 0 saturated carbocycles. The number of nitrogens with zero attached hydrogens (tertiary/aromatic N) is 2. The number of hydrogen-bond donors (Lipinski definition) is 3. The van der Waals surface area contributed by atoms with Crippen LogP contribution in [0.25, 0.3) is 0 Å². The number of nitro groups is 1. The molecule has 0 saturated heterocycles. The van der Waals surface area contributed by atoms with Gasteiger partial charge in [0.05, 0.1) is 13.0 Å². The third-order valence-corrected chi connectivity index (χ3v) is 4.67. The van der Waals surface area contributed by atoms with Crippen LogP contribution in [0.4, 0.5) is 4.79 Å². The highest BCUT2D eigenvalue weighted by atomic mass is 16.7. The molecule has 0 aliphatic rings. The van der Waals surface area contributed by atoms with E-state index in [-0.39, 0.29) is 18.0 Å². The van der Waals surface area contributed by atoms with E-state index in [1.807, 2.05) is 30.3 Å². The first-order valence-corrected chi connectivity index (χ1v) is 10.8. The molecule has 184 valence electrons. The fourth-order valence-electron chi connectivity index (χ4n) is 3.24. The lowest BCUT2D eigenvalue weighted by Gasteiger charge is -2.25. The number of hydrogen-bond acceptors (Lipinski definition) is 6. The molecular formula is C22H35N5O6. The van der Waals surface area contributed by atoms with E-state index >= 15 is 0 Å². The van der Waals surface area contributed by atoms with Gasteiger partial charge in [-0.05, 0) is 58.4 Å². The zero-order chi connectivity index (χ0) is 24.9. The number of hydrazone groups is 1. The second-order valence-corrected chi connectivity index (χ2v) is 8.62. The lowest BCUT2D eigenvalue weighted by molar-refractivity contribution is -0.485. The average molecular weight is 466 g/mol. The van der Waals surface area contributed by atoms with E-state index in [2.05, 4.69) is 15.7 Å². The van der Waals surface area contributed by atoms with Crippen LogP contribution in [0.5, 0.6) is 0 Å². The largest absolute Gasteiger partial charge is 0.469 e. The predicted molar refractivity (Wildman–Crippen MR) is 124 cm³/mol. The highest BCUT2D eigenvalue weighted by molar-refractivity contribution is 5.77. The summed E-state index contributed by atoms with van der Waals surface area (Å²) >= 11 is 0. The number of rotatable bonds is 12. The summed E-state index contributed by atoms with van der Waals surface area (Å²) in [5.74, 6) is -1.04. The minimum absolute atomic E-state index is 0.240. The molecule has 0 heterocycles. The quantitative estimate of drug-likeness (QED) is 0.106. The first-order chi connectivity index (χ1) is 15.5. The smallest absolute Gasteiger partial charge is 0.407 e. The maximum Gasteiger partial charge on any atom is 0.407 e. The standard InChI is InChI=1S/C22H35N5O6/c1-22(2,3)33-21(29)25-18(15-16-9-6-5-7-10-16)13-12-17(19(28)32-4)11-8-14-24-20(23)26-27(30)31/h5-7,9-10,17-18H,8,11-15H2,1-4H3,(H,25,29)(H3,23,24,26)/t17-,18-/m0/s1. The molecule has 1 amide bonds. The van der Waals surface area contributed by atoms with Crippen LogP contribution < -0.4 is 16.4 Å². The van der Waals surface area contributed by atoms with Crippen molar-refractivity contribution >= 4 is 18.0 Å². The second kappa shape index (κ2) is 13.9. The van der Waals surface area contributed by atoms with E-state index in [9.17, 15) is 19.7 Å². The molecule has 0 fully saturated rings. The number of carbonyl (C=O) groups excluding carboxylic acids is 2. The SMILES string of the molecule is COC(=O)[C@@H](CCCN/C(N)=N/[N+](=O)[O-])CC[C@@H](Cc1ccccc1)NC(=O)OC(C)(C)C. The van der Waals surface area contributed by atoms with Crippen molar-refractivity contribution < 1.29 is 24.1 Å². The lowest BCUT2D eigenvalue weighted by atomic mass is 9.93. The van der Waals surface area contributed by atoms with Gasteiger partial charge in [0, 0.05) is 12.6 Å². The third-order valence-electron chi connectivity index (χ3n) is 4.67. The summed E-state index contributed by atoms with van der Waals surface area (Å²) in [6.45, 7) is 5.70. The van der Waals surface area contributed by atoms with Crippen LogP contribution in [0.2, 0.25) is 0 Å². The molecule has 0 unspecified atom stereocenters. The van der Waals surface area contributed by atoms with Gasteiger partial charge in [0.25, 0.3) is 5.96 Å². The number of ether oxygens (including phenoxy) is 2. The van der Waals surface area contributed by atoms with E-state index in [0.29, 0.717) is 38.6 Å². The van der Waals surface area contributed by atoms with Crippen molar-refractivity contribution in [3.05, 3.63) is 46.0 Å². The minimum Gasteiger partial charge on any atom is -0.469 e. The first-order valence-electron chi connectivity index (χ1n) is 10.8. The van der Waals surface area contributed by atoms with Crippen LogP contribution in [0.15, 0.2) is 35.4 Å². The maximum absolute atomic E-state index is 12.3. The zero-order valence-electron chi connectivity index (χ0n) is 19.7. The molecule has 11 heteroatoms. The Hall–Kier alpha value is -3.37. The van der Waals surface area contributed by atoms with Gasteiger partial charge in [0.1, 0.15) is 10.7 Å². The average Bonchev–Trinajstić information content (AvgIpc) is 2.71. The molecular weight excluding hydrogens is 430 g/mol. The Balaban J connectivity index is 2.73. The number of methoxy groups -OCH3 is 1. The number of guanidine groups is 1. The second-order valence-electron chi connectivity index (χ2n) is 8.62. The predicted octanol–water partition coefficient (Wildman–Crippen LogP) is 2.57. The maximum atomic E-state index is 12.3. The van der Waals surface area contributed by atoms with Crippen LogP contribution in [0.1, 0.15) is 52.0 Å². The van der Waals surface area contributed by atoms with Gasteiger partial charge in [-0.25, -0.2) is 14.9 Å². The van der Waals surface area contributed by atoms with Crippen LogP contribution in [-0.4, -0.2) is 48.4 Å². The molecule has 2 atom stereocenters. The fraction of sp³-hybridized carbons (Fsp3) is 0.591. The molecule has 4 N–H and O–H groups in total. The summed E-state index contributed by atoms with van der Waals surface area (Å²) in [5, 5.41) is 17.9. The number of nitrogens with two attached hydrogens (primary N) is 1. The van der Waals surface area contributed by atoms with Gasteiger partial charge in [-0.1, -0.05) is 30.3 Å². The monoisotopic (exact) mass is 465 g/mol. The van der Waals surface area contributed by atoms with E-state index in [0.717, 1.165) is 5.56 Å². The summed E-state index contributed by atoms with van der Waals surface area (Å²) in [7, 11) is 1.33. The van der Waals surface area contributed by atoms with Gasteiger partial charge < -0.3 is 25.8 Å². The van der Waals surface area contributed by atoms with E-state index in [4.69, 9.17) is 15.2 Å². The molecule has 0 bridgehead atoms. The van der Waals surface area contributed by atoms with Crippen molar-refractivity contribution in [2.75, 3.05) is 13.7 Å². The van der Waals surface area contributed by atoms with Crippen LogP contribution in [0.3, 0.4) is 0 Å². The topological polar surface area (TPSA) is 158 Å². The minimum atomic E-state index is -0.885. The first kappa shape index (κ1) is 27.7. The van der Waals surface area contributed by atoms with Crippen molar-refractivity contribution in [2.45, 2.75) is 64.5 Å². The Kier molecular flexibility index (Phi) is 11.7. The fourth-order valence-corrected chi connectivity index (χ4v) is 3.24. The summed E-state index contributed by atoms with van der Waals surface area (Å²) in [6, 6.07) is 9.49. The van der Waals surface area contributed by atoms with Crippen molar-refractivity contribution in [1.82, 2.24) is 10.6 Å². The molecule has 0 aliphatic heterocycles. The molecule has 0 aromatic heterocycles. The number of amides is 1. The number of carbonyl (C=O) groups is 2. The highest BCUT2D eigenvalue weighted by Gasteiger charge is 2.24. The van der Waals surface area contributed by atoms with Crippen molar-refractivity contribution in [3.8, 4) is 0 Å². The lowest BCUT2D eigenvalue weighted by Crippen LogP contribution is -2.40. The van der Waals surface area contributed by atoms with Crippen molar-refractivity contribution in [2.24, 2.45) is 16.8 Å². The summed E-state index contributed by atoms with van der Waals surface area (Å²) in [6.07, 6.45) is 2.10. The summed E-state index contributed by atoms with van der Waals surface area (Å²) in [5.41, 5.74) is 5.82. The molecule has 11 nitrogen and oxygen atoms in total. The highest BCUT2D eigenvalue weighted by Crippen LogP contribution is 2.19. The number of benzene rings is 1. The van der Waals surface area contributed by atoms with Gasteiger partial charge in [-0.2, -0.15) is 0 Å². The van der Waals surface area contributed by atoms with Gasteiger partial charge in [-0.3, -0.25) is 4.79 Å². The number of esters is 1. The summed E-state index contributed by atoms with van der Waals surface area (Å²) in [4.78, 5) is 34.9. The van der Waals surface area contributed by atoms with Gasteiger partial charge >= 0.3 is 12.1 Å². The zero-order valence-corrected chi connectivity index (χ0v) is 19.7. The summed E-state index contributed by atoms with van der Waals surface area (Å²) < 4.78 is 10.3. The van der Waals surface area contributed by atoms with Crippen molar-refractivity contribution in [3.63, 3.8) is 0 Å². The van der Waals surface area contributed by atoms with Gasteiger partial charge in [-0.15, -0.1) is 0 Å². The Morgan fingerprint density at radius 2 is 1.85 bits per heavy atom. The molecule has 1 aromatic carbocycles. The molecule has 1 aromatic rings.